The molecule has 0 aliphatic carbocycles. The first-order chi connectivity index (χ1) is 1.73. The SMILES string of the molecule is C[CH](C)[Hg].F. The maximum absolute atomic E-state index is 2.25. The molecule has 0 aliphatic rings. The van der Waals surface area contributed by atoms with E-state index >= 15 is 0 Å². The molecule has 0 heterocycles. The third-order valence-electron chi connectivity index (χ3n) is 0. The molecule has 0 radical (unpaired) electrons. The van der Waals surface area contributed by atoms with E-state index in [4.69, 9.17) is 0 Å². The number of halogens is 1. The van der Waals surface area contributed by atoms with E-state index in [0.717, 1.165) is 29.5 Å². The van der Waals surface area contributed by atoms with Gasteiger partial charge in [0.2, 0.25) is 0 Å². The Labute approximate surface area is 48.3 Å². The minimum Gasteiger partial charge on any atom is -0.269 e. The fourth-order valence-corrected chi connectivity index (χ4v) is 0. The fourth-order valence-electron chi connectivity index (χ4n) is 0. The third-order valence-corrected chi connectivity index (χ3v) is 0. The summed E-state index contributed by atoms with van der Waals surface area (Å²) in [6.07, 6.45) is 0. The number of rotatable bonds is 0. The predicted molar refractivity (Wildman–Crippen MR) is 17.6 cm³/mol. The van der Waals surface area contributed by atoms with Crippen molar-refractivity contribution >= 4 is 0 Å². The summed E-state index contributed by atoms with van der Waals surface area (Å²) in [6.45, 7) is 4.51. The molecular formula is C3H8FHg. The van der Waals surface area contributed by atoms with E-state index in [2.05, 4.69) is 13.8 Å². The Balaban J connectivity index is 0. The zero-order chi connectivity index (χ0) is 3.58. The standard InChI is InChI=1S/C3H7.FH.Hg/c1-3-2;;/h3H,1-2H3;1H;. The van der Waals surface area contributed by atoms with E-state index in [1.807, 2.05) is 0 Å². The van der Waals surface area contributed by atoms with Crippen molar-refractivity contribution in [2.75, 3.05) is 0 Å². The second-order valence-corrected chi connectivity index (χ2v) is 7.74. The molecule has 0 saturated carbocycles. The van der Waals surface area contributed by atoms with Gasteiger partial charge in [0.25, 0.3) is 0 Å². The summed E-state index contributed by atoms with van der Waals surface area (Å²) < 4.78 is 1.03. The van der Waals surface area contributed by atoms with Crippen LogP contribution in [0.3, 0.4) is 0 Å². The topological polar surface area (TPSA) is 0 Å². The Kier molecular flexibility index (Phi) is 9.04. The molecule has 0 bridgehead atoms. The van der Waals surface area contributed by atoms with Gasteiger partial charge in [-0.15, -0.1) is 0 Å². The molecule has 5 heavy (non-hydrogen) atoms. The number of hydrogen-bond donors (Lipinski definition) is 0. The van der Waals surface area contributed by atoms with Crippen molar-refractivity contribution in [2.45, 2.75) is 17.3 Å². The van der Waals surface area contributed by atoms with Gasteiger partial charge in [-0.05, 0) is 0 Å². The second-order valence-electron chi connectivity index (χ2n) is 1.39. The van der Waals surface area contributed by atoms with Crippen molar-refractivity contribution in [1.82, 2.24) is 0 Å². The van der Waals surface area contributed by atoms with Crippen molar-refractivity contribution < 1.29 is 30.8 Å². The third kappa shape index (κ3) is 53.4. The van der Waals surface area contributed by atoms with E-state index in [0.29, 0.717) is 0 Å². The fraction of sp³-hybridized carbons (Fsp3) is 1.00. The molecule has 0 aromatic rings. The van der Waals surface area contributed by atoms with Crippen LogP contribution < -0.4 is 0 Å². The zero-order valence-corrected chi connectivity index (χ0v) is 9.19. The van der Waals surface area contributed by atoms with Crippen LogP contribution in [-0.4, -0.2) is 0 Å². The largest absolute Gasteiger partial charge is 0.269 e. The Morgan fingerprint density at radius 3 is 1.40 bits per heavy atom. The quantitative estimate of drug-likeness (QED) is 0.582. The average Bonchev–Trinajstić information content (AvgIpc) is 0.811. The summed E-state index contributed by atoms with van der Waals surface area (Å²) in [5.41, 5.74) is 0. The van der Waals surface area contributed by atoms with Gasteiger partial charge in [0.15, 0.2) is 0 Å². The first-order valence-corrected chi connectivity index (χ1v) is 4.74. The van der Waals surface area contributed by atoms with Crippen LogP contribution in [0.2, 0.25) is 3.43 Å². The molecule has 0 unspecified atom stereocenters. The maximum Gasteiger partial charge on any atom is -0.269 e. The minimum atomic E-state index is 0. The summed E-state index contributed by atoms with van der Waals surface area (Å²) in [4.78, 5) is 0. The summed E-state index contributed by atoms with van der Waals surface area (Å²) >= 11 is 1.02. The van der Waals surface area contributed by atoms with Gasteiger partial charge in [-0.2, -0.15) is 0 Å². The molecule has 2 heteroatoms. The Bertz CT molecular complexity index is 11.6. The molecular weight excluding hydrogens is 256 g/mol. The molecule has 0 spiro atoms. The molecule has 0 nitrogen and oxygen atoms in total. The van der Waals surface area contributed by atoms with Crippen molar-refractivity contribution in [1.29, 1.82) is 0 Å². The van der Waals surface area contributed by atoms with E-state index < -0.39 is 0 Å². The van der Waals surface area contributed by atoms with Gasteiger partial charge < -0.3 is 0 Å². The number of hydrogen-bond acceptors (Lipinski definition) is 0. The monoisotopic (exact) mass is 265 g/mol. The van der Waals surface area contributed by atoms with Crippen LogP contribution in [0, 0.1) is 0 Å². The molecule has 0 atom stereocenters. The van der Waals surface area contributed by atoms with E-state index in [1.54, 1.807) is 0 Å². The Hall–Kier alpha value is 0.865. The molecule has 0 aromatic heterocycles. The molecule has 0 rings (SSSR count). The van der Waals surface area contributed by atoms with Crippen LogP contribution in [0.15, 0.2) is 0 Å². The van der Waals surface area contributed by atoms with Gasteiger partial charge in [-0.1, -0.05) is 0 Å². The van der Waals surface area contributed by atoms with Crippen LogP contribution in [-0.2, 0) is 26.1 Å². The Morgan fingerprint density at radius 2 is 1.40 bits per heavy atom. The molecule has 0 aliphatic heterocycles. The smallest absolute Gasteiger partial charge is 0.269 e. The zero-order valence-electron chi connectivity index (χ0n) is 3.69. The van der Waals surface area contributed by atoms with Crippen molar-refractivity contribution in [2.24, 2.45) is 0 Å². The predicted octanol–water partition coefficient (Wildman–Crippen LogP) is 1.51. The van der Waals surface area contributed by atoms with Gasteiger partial charge in [-0.25, -0.2) is 0 Å². The van der Waals surface area contributed by atoms with Gasteiger partial charge in [0.05, 0.1) is 0 Å². The van der Waals surface area contributed by atoms with E-state index in [1.165, 1.54) is 0 Å². The van der Waals surface area contributed by atoms with Crippen molar-refractivity contribution in [3.05, 3.63) is 0 Å². The van der Waals surface area contributed by atoms with Crippen LogP contribution in [0.5, 0.6) is 0 Å². The minimum absolute atomic E-state index is 0. The first kappa shape index (κ1) is 9.29. The molecule has 0 N–H and O–H groups in total. The van der Waals surface area contributed by atoms with Crippen molar-refractivity contribution in [3.63, 3.8) is 0 Å². The average molecular weight is 264 g/mol. The van der Waals surface area contributed by atoms with Crippen LogP contribution >= 0.6 is 0 Å². The second kappa shape index (κ2) is 4.87. The van der Waals surface area contributed by atoms with Crippen LogP contribution in [0.25, 0.3) is 0 Å². The van der Waals surface area contributed by atoms with Crippen LogP contribution in [0.1, 0.15) is 13.8 Å². The molecule has 0 saturated heterocycles. The van der Waals surface area contributed by atoms with Crippen LogP contribution in [0.4, 0.5) is 4.70 Å². The summed E-state index contributed by atoms with van der Waals surface area (Å²) in [5.74, 6) is 0. The maximum atomic E-state index is 2.25. The normalized spacial score (nSPS) is 7.40. The first-order valence-electron chi connectivity index (χ1n) is 1.56. The Morgan fingerprint density at radius 1 is 1.40 bits per heavy atom. The van der Waals surface area contributed by atoms with Gasteiger partial charge >= 0.3 is 43.4 Å². The molecule has 0 fully saturated rings. The van der Waals surface area contributed by atoms with Crippen molar-refractivity contribution in [3.8, 4) is 0 Å². The molecule has 0 aromatic carbocycles. The summed E-state index contributed by atoms with van der Waals surface area (Å²) in [7, 11) is 0. The van der Waals surface area contributed by atoms with E-state index in [9.17, 15) is 0 Å². The van der Waals surface area contributed by atoms with E-state index in [-0.39, 0.29) is 4.70 Å². The van der Waals surface area contributed by atoms with Gasteiger partial charge in [0, 0.05) is 0 Å². The van der Waals surface area contributed by atoms with Gasteiger partial charge in [0.1, 0.15) is 0 Å². The summed E-state index contributed by atoms with van der Waals surface area (Å²) in [5, 5.41) is 0. The molecule has 29 valence electrons. The van der Waals surface area contributed by atoms with Gasteiger partial charge in [-0.3, -0.25) is 4.70 Å². The summed E-state index contributed by atoms with van der Waals surface area (Å²) in [6, 6.07) is 0. The molecule has 0 amide bonds.